The summed E-state index contributed by atoms with van der Waals surface area (Å²) in [5.74, 6) is -0.00993. The molecule has 0 saturated carbocycles. The third-order valence-corrected chi connectivity index (χ3v) is 2.32. The molecule has 0 radical (unpaired) electrons. The lowest BCUT2D eigenvalue weighted by Crippen LogP contribution is -2.44. The molecule has 1 aromatic rings. The van der Waals surface area contributed by atoms with Gasteiger partial charge in [0.2, 0.25) is 5.91 Å². The van der Waals surface area contributed by atoms with E-state index in [0.717, 1.165) is 0 Å². The fourth-order valence-electron chi connectivity index (χ4n) is 1.28. The molecule has 0 unspecified atom stereocenters. The Kier molecular flexibility index (Phi) is 6.38. The van der Waals surface area contributed by atoms with Gasteiger partial charge in [-0.2, -0.15) is 0 Å². The van der Waals surface area contributed by atoms with Gasteiger partial charge in [0, 0.05) is 12.6 Å². The largest absolute Gasteiger partial charge is 0.484 e. The number of rotatable bonds is 7. The Labute approximate surface area is 112 Å². The number of hydrogen-bond donors (Lipinski definition) is 3. The molecule has 1 aromatic carbocycles. The van der Waals surface area contributed by atoms with E-state index in [4.69, 9.17) is 10.5 Å². The van der Waals surface area contributed by atoms with E-state index in [1.54, 1.807) is 19.1 Å². The molecule has 0 aliphatic rings. The Balaban J connectivity index is 2.19. The maximum Gasteiger partial charge on any atom is 0.258 e. The van der Waals surface area contributed by atoms with E-state index in [2.05, 4.69) is 10.6 Å². The molecule has 0 aromatic heterocycles. The maximum atomic E-state index is 11.4. The zero-order valence-electron chi connectivity index (χ0n) is 10.9. The smallest absolute Gasteiger partial charge is 0.258 e. The van der Waals surface area contributed by atoms with Crippen molar-refractivity contribution in [3.63, 3.8) is 0 Å². The molecular formula is C13H19N3O3. The van der Waals surface area contributed by atoms with Crippen LogP contribution in [-0.2, 0) is 9.59 Å². The predicted octanol–water partition coefficient (Wildman–Crippen LogP) is -0.355. The van der Waals surface area contributed by atoms with Crippen molar-refractivity contribution in [1.29, 1.82) is 0 Å². The lowest BCUT2D eigenvalue weighted by molar-refractivity contribution is -0.127. The van der Waals surface area contributed by atoms with E-state index < -0.39 is 0 Å². The lowest BCUT2D eigenvalue weighted by Gasteiger charge is -2.12. The summed E-state index contributed by atoms with van der Waals surface area (Å²) in [6.07, 6.45) is 0. The molecule has 2 amide bonds. The second-order valence-electron chi connectivity index (χ2n) is 4.08. The Hall–Kier alpha value is -2.08. The zero-order valence-corrected chi connectivity index (χ0v) is 10.9. The average molecular weight is 265 g/mol. The van der Waals surface area contributed by atoms with E-state index >= 15 is 0 Å². The molecule has 6 heteroatoms. The minimum absolute atomic E-state index is 0.0820. The number of benzene rings is 1. The van der Waals surface area contributed by atoms with Crippen LogP contribution in [0.2, 0.25) is 0 Å². The summed E-state index contributed by atoms with van der Waals surface area (Å²) in [5, 5.41) is 5.10. The summed E-state index contributed by atoms with van der Waals surface area (Å²) in [6.45, 7) is 1.94. The number of carbonyl (C=O) groups excluding carboxylic acids is 2. The molecule has 1 rings (SSSR count). The number of ether oxygens (including phenoxy) is 1. The summed E-state index contributed by atoms with van der Waals surface area (Å²) < 4.78 is 5.24. The predicted molar refractivity (Wildman–Crippen MR) is 71.6 cm³/mol. The summed E-state index contributed by atoms with van der Waals surface area (Å²) in [7, 11) is 0. The minimum Gasteiger partial charge on any atom is -0.484 e. The van der Waals surface area contributed by atoms with Gasteiger partial charge in [-0.15, -0.1) is 0 Å². The molecule has 1 atom stereocenters. The lowest BCUT2D eigenvalue weighted by atomic mass is 10.3. The van der Waals surface area contributed by atoms with Gasteiger partial charge in [0.05, 0.1) is 6.54 Å². The quantitative estimate of drug-likeness (QED) is 0.628. The Morgan fingerprint density at radius 2 is 1.95 bits per heavy atom. The minimum atomic E-state index is -0.348. The number of nitrogens with one attached hydrogen (secondary N) is 2. The number of nitrogens with two attached hydrogens (primary N) is 1. The molecule has 0 spiro atoms. The first kappa shape index (κ1) is 15.0. The van der Waals surface area contributed by atoms with Crippen LogP contribution < -0.4 is 21.1 Å². The second-order valence-corrected chi connectivity index (χ2v) is 4.08. The van der Waals surface area contributed by atoms with Crippen LogP contribution in [0.25, 0.3) is 0 Å². The molecule has 0 fully saturated rings. The van der Waals surface area contributed by atoms with Crippen LogP contribution in [0.4, 0.5) is 0 Å². The van der Waals surface area contributed by atoms with Crippen LogP contribution in [0, 0.1) is 0 Å². The average Bonchev–Trinajstić information content (AvgIpc) is 2.43. The van der Waals surface area contributed by atoms with Crippen molar-refractivity contribution < 1.29 is 14.3 Å². The van der Waals surface area contributed by atoms with E-state index in [-0.39, 0.29) is 31.0 Å². The third kappa shape index (κ3) is 6.42. The van der Waals surface area contributed by atoms with Crippen molar-refractivity contribution in [2.75, 3.05) is 19.7 Å². The van der Waals surface area contributed by atoms with Crippen LogP contribution >= 0.6 is 0 Å². The molecule has 0 bridgehead atoms. The van der Waals surface area contributed by atoms with E-state index in [9.17, 15) is 9.59 Å². The van der Waals surface area contributed by atoms with Crippen LogP contribution in [0.5, 0.6) is 5.75 Å². The molecule has 0 aliphatic carbocycles. The number of carbonyl (C=O) groups is 2. The first-order valence-corrected chi connectivity index (χ1v) is 6.05. The van der Waals surface area contributed by atoms with Crippen LogP contribution in [0.1, 0.15) is 6.92 Å². The molecule has 4 N–H and O–H groups in total. The van der Waals surface area contributed by atoms with Gasteiger partial charge in [0.25, 0.3) is 5.91 Å². The normalized spacial score (nSPS) is 11.5. The first-order valence-electron chi connectivity index (χ1n) is 6.05. The molecule has 6 nitrogen and oxygen atoms in total. The highest BCUT2D eigenvalue weighted by Gasteiger charge is 2.08. The van der Waals surface area contributed by atoms with Gasteiger partial charge in [-0.05, 0) is 19.1 Å². The number of amides is 2. The first-order chi connectivity index (χ1) is 9.11. The monoisotopic (exact) mass is 265 g/mol. The molecule has 0 aliphatic heterocycles. The number of hydrogen-bond acceptors (Lipinski definition) is 4. The van der Waals surface area contributed by atoms with Crippen LogP contribution in [0.15, 0.2) is 30.3 Å². The van der Waals surface area contributed by atoms with Gasteiger partial charge in [0.1, 0.15) is 5.75 Å². The van der Waals surface area contributed by atoms with Crippen molar-refractivity contribution in [3.05, 3.63) is 30.3 Å². The number of para-hydroxylation sites is 1. The zero-order chi connectivity index (χ0) is 14.1. The fraction of sp³-hybridized carbons (Fsp3) is 0.385. The fourth-order valence-corrected chi connectivity index (χ4v) is 1.28. The Morgan fingerprint density at radius 1 is 1.26 bits per heavy atom. The van der Waals surface area contributed by atoms with Gasteiger partial charge in [-0.3, -0.25) is 9.59 Å². The Bertz CT molecular complexity index is 409. The van der Waals surface area contributed by atoms with E-state index in [0.29, 0.717) is 12.3 Å². The van der Waals surface area contributed by atoms with Gasteiger partial charge in [-0.25, -0.2) is 0 Å². The van der Waals surface area contributed by atoms with Crippen molar-refractivity contribution in [1.82, 2.24) is 10.6 Å². The van der Waals surface area contributed by atoms with Crippen molar-refractivity contribution in [3.8, 4) is 5.75 Å². The van der Waals surface area contributed by atoms with Gasteiger partial charge in [0.15, 0.2) is 6.61 Å². The molecule has 104 valence electrons. The summed E-state index contributed by atoms with van der Waals surface area (Å²) in [4.78, 5) is 22.8. The standard InChI is InChI=1S/C13H19N3O3/c1-10(7-14)16-12(17)8-15-13(18)9-19-11-5-3-2-4-6-11/h2-6,10H,7-9,14H2,1H3,(H,15,18)(H,16,17)/t10-/m0/s1. The van der Waals surface area contributed by atoms with Crippen LogP contribution in [0.3, 0.4) is 0 Å². The van der Waals surface area contributed by atoms with E-state index in [1.165, 1.54) is 0 Å². The van der Waals surface area contributed by atoms with Crippen molar-refractivity contribution >= 4 is 11.8 Å². The third-order valence-electron chi connectivity index (χ3n) is 2.32. The van der Waals surface area contributed by atoms with Crippen LogP contribution in [-0.4, -0.2) is 37.6 Å². The topological polar surface area (TPSA) is 93.5 Å². The highest BCUT2D eigenvalue weighted by Crippen LogP contribution is 2.07. The van der Waals surface area contributed by atoms with Crippen molar-refractivity contribution in [2.24, 2.45) is 5.73 Å². The van der Waals surface area contributed by atoms with Gasteiger partial charge >= 0.3 is 0 Å². The summed E-state index contributed by atoms with van der Waals surface area (Å²) >= 11 is 0. The van der Waals surface area contributed by atoms with E-state index in [1.807, 2.05) is 18.2 Å². The molecule has 0 heterocycles. The highest BCUT2D eigenvalue weighted by atomic mass is 16.5. The van der Waals surface area contributed by atoms with Gasteiger partial charge < -0.3 is 21.1 Å². The Morgan fingerprint density at radius 3 is 2.58 bits per heavy atom. The summed E-state index contributed by atoms with van der Waals surface area (Å²) in [5.41, 5.74) is 5.37. The summed E-state index contributed by atoms with van der Waals surface area (Å²) in [6, 6.07) is 8.89. The molecule has 0 saturated heterocycles. The molecule has 19 heavy (non-hydrogen) atoms. The van der Waals surface area contributed by atoms with Crippen molar-refractivity contribution in [2.45, 2.75) is 13.0 Å². The SMILES string of the molecule is C[C@@H](CN)NC(=O)CNC(=O)COc1ccccc1. The highest BCUT2D eigenvalue weighted by molar-refractivity contribution is 5.85. The van der Waals surface area contributed by atoms with Gasteiger partial charge in [-0.1, -0.05) is 18.2 Å². The molecular weight excluding hydrogens is 246 g/mol. The maximum absolute atomic E-state index is 11.4. The second kappa shape index (κ2) is 8.10.